The first-order valence-corrected chi connectivity index (χ1v) is 23.9. The van der Waals surface area contributed by atoms with Gasteiger partial charge in [-0.2, -0.15) is 0 Å². The zero-order valence-corrected chi connectivity index (χ0v) is 39.1. The van der Waals surface area contributed by atoms with Crippen molar-refractivity contribution in [1.82, 2.24) is 0 Å². The normalized spacial score (nSPS) is 55.9. The van der Waals surface area contributed by atoms with Crippen LogP contribution in [-0.2, 0) is 33.2 Å². The molecule has 0 radical (unpaired) electrons. The fourth-order valence-corrected chi connectivity index (χ4v) is 15.0. The topological polar surface area (TPSA) is 315 Å². The number of carboxylic acid groups (broad SMARTS) is 1. The second-order valence-electron chi connectivity index (χ2n) is 23.2. The number of hydrogen-bond donors (Lipinski definition) is 12. The summed E-state index contributed by atoms with van der Waals surface area (Å²) in [5.74, 6) is -1.40. The Balaban J connectivity index is 1.04. The summed E-state index contributed by atoms with van der Waals surface area (Å²) in [6.07, 6.45) is -17.1. The summed E-state index contributed by atoms with van der Waals surface area (Å²) in [4.78, 5) is 11.9. The van der Waals surface area contributed by atoms with E-state index in [1.165, 1.54) is 5.57 Å². The smallest absolute Gasteiger partial charge is 0.335 e. The lowest BCUT2D eigenvalue weighted by molar-refractivity contribution is -0.361. The molecule has 0 aromatic rings. The summed E-state index contributed by atoms with van der Waals surface area (Å²) in [5, 5.41) is 128. The molecule has 66 heavy (non-hydrogen) atoms. The van der Waals surface area contributed by atoms with Crippen LogP contribution in [0.3, 0.4) is 0 Å². The quantitative estimate of drug-likeness (QED) is 0.100. The molecule has 3 saturated heterocycles. The van der Waals surface area contributed by atoms with Crippen molar-refractivity contribution in [2.24, 2.45) is 50.2 Å². The lowest BCUT2D eigenvalue weighted by Crippen LogP contribution is -2.68. The first kappa shape index (κ1) is 50.9. The Morgan fingerprint density at radius 3 is 1.98 bits per heavy atom. The molecule has 12 N–H and O–H groups in total. The van der Waals surface area contributed by atoms with Crippen LogP contribution in [0.2, 0.25) is 0 Å². The SMILES string of the molecule is CC1(C)C[C@H]2C3=CC[C@@H]4[C@@]5(C)CC[C@H](O[C@@H]6O[C@H](C(=O)O)[C@@H](O)[C@H](O)[C@H]6O)[C@@](C)(CO)[C@@H]5CC[C@@]4(C)[C@]3(C)CC[C@@]2(C)[C@H](O[C@@H]2OC[C@@H](O)[C@H](O[C@@H]3O[C@H](CO)[C@@H](O)[C@H](O)[C@H]3O)[C@@H]2O)[C@@H]1O. The molecule has 0 unspecified atom stereocenters. The molecule has 19 heteroatoms. The Morgan fingerprint density at radius 2 is 1.35 bits per heavy atom. The van der Waals surface area contributed by atoms with Gasteiger partial charge in [-0.15, -0.1) is 0 Å². The van der Waals surface area contributed by atoms with Gasteiger partial charge in [0.1, 0.15) is 61.0 Å². The monoisotopic (exact) mass is 944 g/mol. The van der Waals surface area contributed by atoms with Crippen molar-refractivity contribution in [3.05, 3.63) is 11.6 Å². The van der Waals surface area contributed by atoms with Gasteiger partial charge in [0.05, 0.1) is 38.1 Å². The van der Waals surface area contributed by atoms with Gasteiger partial charge in [-0.05, 0) is 90.8 Å². The first-order chi connectivity index (χ1) is 30.7. The maximum absolute atomic E-state index is 12.2. The average molecular weight is 945 g/mol. The standard InChI is InChI=1S/C47H76O19/c1-42(2)16-21-20-8-9-25-44(4)12-11-26(63-41-32(56)29(53)30(54)35(65-41)38(59)60)45(5,19-49)24(44)10-13-47(25,7)46(20,6)15-14-43(21,3)37(36(42)58)66-39-33(57)34(22(50)18-61-39)64-40-31(55)28(52)27(51)23(17-48)62-40/h8,21-37,39-41,48-58H,9-19H2,1-7H3,(H,59,60)/t21-,22+,23+,24+,25+,26-,27+,28-,29-,30-,31+,32+,33-,34-,35-,36-,37+,39-,40-,41+,43+,44-,45-,46+,47+/m0/s1. The molecule has 3 aliphatic heterocycles. The van der Waals surface area contributed by atoms with Crippen LogP contribution in [-0.4, -0.2) is 191 Å². The van der Waals surface area contributed by atoms with E-state index in [-0.39, 0.29) is 47.2 Å². The van der Waals surface area contributed by atoms with Crippen molar-refractivity contribution in [3.63, 3.8) is 0 Å². The van der Waals surface area contributed by atoms with E-state index < -0.39 is 133 Å². The minimum Gasteiger partial charge on any atom is -0.479 e. The van der Waals surface area contributed by atoms with Crippen LogP contribution < -0.4 is 0 Å². The highest BCUT2D eigenvalue weighted by Gasteiger charge is 2.71. The summed E-state index contributed by atoms with van der Waals surface area (Å²) in [6, 6.07) is 0. The average Bonchev–Trinajstić information content (AvgIpc) is 3.26. The Morgan fingerprint density at radius 1 is 0.697 bits per heavy atom. The lowest BCUT2D eigenvalue weighted by Gasteiger charge is -2.72. The maximum Gasteiger partial charge on any atom is 0.335 e. The van der Waals surface area contributed by atoms with Gasteiger partial charge in [0.2, 0.25) is 0 Å². The molecule has 0 bridgehead atoms. The van der Waals surface area contributed by atoms with E-state index in [1.54, 1.807) is 0 Å². The zero-order chi connectivity index (χ0) is 48.4. The molecule has 0 amide bonds. The molecule has 0 aromatic heterocycles. The molecular weight excluding hydrogens is 868 g/mol. The number of ether oxygens (including phenoxy) is 6. The Hall–Kier alpha value is -1.47. The van der Waals surface area contributed by atoms with Crippen molar-refractivity contribution in [3.8, 4) is 0 Å². The van der Waals surface area contributed by atoms with E-state index in [0.29, 0.717) is 25.7 Å². The highest BCUT2D eigenvalue weighted by Crippen LogP contribution is 2.76. The Labute approximate surface area is 385 Å². The van der Waals surface area contributed by atoms with Gasteiger partial charge < -0.3 is 89.7 Å². The van der Waals surface area contributed by atoms with Gasteiger partial charge in [-0.1, -0.05) is 60.1 Å². The second kappa shape index (κ2) is 17.7. The third-order valence-electron chi connectivity index (χ3n) is 19.4. The number of rotatable bonds is 9. The number of allylic oxidation sites excluding steroid dienone is 2. The Bertz CT molecular complexity index is 1820. The molecule has 0 aromatic carbocycles. The predicted octanol–water partition coefficient (Wildman–Crippen LogP) is -0.713. The van der Waals surface area contributed by atoms with E-state index in [1.807, 2.05) is 20.8 Å². The van der Waals surface area contributed by atoms with Gasteiger partial charge in [-0.3, -0.25) is 0 Å². The van der Waals surface area contributed by atoms with E-state index in [0.717, 1.165) is 25.7 Å². The number of aliphatic hydroxyl groups excluding tert-OH is 11. The zero-order valence-electron chi connectivity index (χ0n) is 39.1. The largest absolute Gasteiger partial charge is 0.479 e. The van der Waals surface area contributed by atoms with Crippen molar-refractivity contribution < 1.29 is 94.5 Å². The first-order valence-electron chi connectivity index (χ1n) is 23.9. The minimum atomic E-state index is -1.85. The number of hydrogen-bond acceptors (Lipinski definition) is 18. The highest BCUT2D eigenvalue weighted by molar-refractivity contribution is 5.73. The van der Waals surface area contributed by atoms with Crippen LogP contribution in [0.25, 0.3) is 0 Å². The van der Waals surface area contributed by atoms with Crippen LogP contribution in [0.4, 0.5) is 0 Å². The van der Waals surface area contributed by atoms with Gasteiger partial charge in [0.25, 0.3) is 0 Å². The van der Waals surface area contributed by atoms with Gasteiger partial charge in [-0.25, -0.2) is 4.79 Å². The van der Waals surface area contributed by atoms with E-state index in [4.69, 9.17) is 28.4 Å². The summed E-state index contributed by atoms with van der Waals surface area (Å²) < 4.78 is 35.9. The van der Waals surface area contributed by atoms with Crippen LogP contribution in [0.1, 0.15) is 99.8 Å². The molecular formula is C47H76O19. The molecule has 0 spiro atoms. The molecule has 8 aliphatic rings. The molecule has 4 saturated carbocycles. The summed E-state index contributed by atoms with van der Waals surface area (Å²) in [5.41, 5.74) is -1.57. The fraction of sp³-hybridized carbons (Fsp3) is 0.936. The summed E-state index contributed by atoms with van der Waals surface area (Å²) in [7, 11) is 0. The van der Waals surface area contributed by atoms with Crippen LogP contribution in [0.5, 0.6) is 0 Å². The molecule has 3 heterocycles. The maximum atomic E-state index is 12.2. The third-order valence-corrected chi connectivity index (χ3v) is 19.4. The van der Waals surface area contributed by atoms with E-state index in [2.05, 4.69) is 33.8 Å². The molecule has 8 rings (SSSR count). The number of aliphatic hydroxyl groups is 11. The molecule has 19 nitrogen and oxygen atoms in total. The van der Waals surface area contributed by atoms with Crippen LogP contribution in [0.15, 0.2) is 11.6 Å². The number of aliphatic carboxylic acids is 1. The van der Waals surface area contributed by atoms with Crippen molar-refractivity contribution in [2.45, 2.75) is 204 Å². The Kier molecular flexibility index (Phi) is 13.6. The van der Waals surface area contributed by atoms with Crippen LogP contribution in [0, 0.1) is 50.2 Å². The number of fused-ring (bicyclic) bond motifs is 7. The van der Waals surface area contributed by atoms with Crippen molar-refractivity contribution in [1.29, 1.82) is 0 Å². The summed E-state index contributed by atoms with van der Waals surface area (Å²) in [6.45, 7) is 13.9. The lowest BCUT2D eigenvalue weighted by atomic mass is 9.33. The minimum absolute atomic E-state index is 0.0405. The van der Waals surface area contributed by atoms with Crippen molar-refractivity contribution >= 4 is 5.97 Å². The fourth-order valence-electron chi connectivity index (χ4n) is 15.0. The van der Waals surface area contributed by atoms with Crippen LogP contribution >= 0.6 is 0 Å². The number of carboxylic acids is 1. The molecule has 25 atom stereocenters. The highest BCUT2D eigenvalue weighted by atomic mass is 16.7. The molecule has 7 fully saturated rings. The number of carbonyl (C=O) groups is 1. The van der Waals surface area contributed by atoms with E-state index >= 15 is 0 Å². The van der Waals surface area contributed by atoms with E-state index in [9.17, 15) is 66.1 Å². The molecule has 378 valence electrons. The predicted molar refractivity (Wildman–Crippen MR) is 227 cm³/mol. The van der Waals surface area contributed by atoms with Gasteiger partial charge in [0, 0.05) is 10.8 Å². The summed E-state index contributed by atoms with van der Waals surface area (Å²) >= 11 is 0. The second-order valence-corrected chi connectivity index (χ2v) is 23.2. The third kappa shape index (κ3) is 7.60. The van der Waals surface area contributed by atoms with Gasteiger partial charge >= 0.3 is 5.97 Å². The van der Waals surface area contributed by atoms with Crippen molar-refractivity contribution in [2.75, 3.05) is 19.8 Å². The van der Waals surface area contributed by atoms with Gasteiger partial charge in [0.15, 0.2) is 25.0 Å². The molecule has 5 aliphatic carbocycles.